The van der Waals surface area contributed by atoms with Crippen LogP contribution >= 0.6 is 58.0 Å². The number of rotatable bonds is 10. The molecule has 0 radical (unpaired) electrons. The van der Waals surface area contributed by atoms with E-state index >= 15 is 0 Å². The van der Waals surface area contributed by atoms with Crippen molar-refractivity contribution in [1.29, 1.82) is 0 Å². The first-order chi connectivity index (χ1) is 44.2. The van der Waals surface area contributed by atoms with Crippen LogP contribution in [0, 0.1) is 5.92 Å². The summed E-state index contributed by atoms with van der Waals surface area (Å²) >= 11 is 28.2. The molecule has 19 nitrogen and oxygen atoms in total. The molecule has 10 rings (SSSR count). The molecule has 489 valence electrons. The number of benzene rings is 5. The average Bonchev–Trinajstić information content (AvgIpc) is 0.807. The molecular weight excluding hydrogens is 1330 g/mol. The molecule has 5 aromatic heterocycles. The predicted molar refractivity (Wildman–Crippen MR) is 365 cm³/mol. The molecule has 0 aliphatic carbocycles. The van der Waals surface area contributed by atoms with Crippen molar-refractivity contribution in [2.45, 2.75) is 79.2 Å². The first-order valence-corrected chi connectivity index (χ1v) is 30.9. The monoisotopic (exact) mass is 1400 g/mol. The van der Waals surface area contributed by atoms with E-state index in [-0.39, 0.29) is 36.5 Å². The topological polar surface area (TPSA) is 322 Å². The number of hydrogen-bond donors (Lipinski definition) is 6. The molecule has 2 atom stereocenters. The zero-order valence-electron chi connectivity index (χ0n) is 52.0. The van der Waals surface area contributed by atoms with E-state index in [0.717, 1.165) is 55.7 Å². The van der Waals surface area contributed by atoms with Crippen LogP contribution in [0.1, 0.15) is 83.2 Å². The minimum atomic E-state index is -1.44. The second-order valence-electron chi connectivity index (χ2n) is 20.7. The number of hydrogen-bond acceptors (Lipinski definition) is 18. The van der Waals surface area contributed by atoms with Crippen LogP contribution in [0.3, 0.4) is 0 Å². The van der Waals surface area contributed by atoms with Crippen molar-refractivity contribution in [2.75, 3.05) is 24.3 Å². The minimum absolute atomic E-state index is 0.104. The number of aliphatic hydroxyl groups is 1. The van der Waals surface area contributed by atoms with Crippen LogP contribution in [0.15, 0.2) is 182 Å². The van der Waals surface area contributed by atoms with Crippen molar-refractivity contribution in [2.24, 2.45) is 11.7 Å². The molecule has 1 amide bonds. The number of nitrogens with zero attached hydrogens (tertiary/aromatic N) is 5. The number of carbonyl (C=O) groups is 2. The summed E-state index contributed by atoms with van der Waals surface area (Å²) in [5.74, 6) is 0.893. The number of para-hydroxylation sites is 1. The molecule has 5 heterocycles. The van der Waals surface area contributed by atoms with Crippen LogP contribution in [-0.2, 0) is 54.6 Å². The van der Waals surface area contributed by atoms with Crippen molar-refractivity contribution in [3.8, 4) is 28.3 Å². The maximum atomic E-state index is 12.2. The Morgan fingerprint density at radius 2 is 1.08 bits per heavy atom. The number of Topliss-reactive ketones (excluding diaryl/α,β-unsaturated/α-hetero) is 1. The Balaban J connectivity index is 0.000000301. The standard InChI is InChI=1S/C21H22ClN3O2.C16H14ClN3.C10H13NO.2C7H8ClNO.C6H6ClN.CO2.Mn.2O/c1-13(24-20(26)27-21(2,3)4)19-15(17-9-5-6-11-23-17)12-14-16(22)8-7-10-18(14)25-19;1-10(18)16-12(14-6-2-3-8-19-14)9-11-13(17)5-4-7-15(11)20-16;1-8(2)10(12)7-9-5-3-4-6-11-9;1-10-7-5(8)3-2-4-6(7)9;8-6-2-1-3-7(9)5(6)4-10;7-5-2-1-3-6(8)4-5;2-1-3;;;/h5-13H,1-4H3,(H,24,26);2-10H,18H2,1H3;3-6,8H,7H2,1-2H3;2-4H,9H2,1H3;1-3,10H,4,9H2;1-4H,8H2;;;;/t13-;;;;;;;;;/m0........./s1. The number of alkyl carbamates (subject to hydrolysis) is 1. The summed E-state index contributed by atoms with van der Waals surface area (Å²) in [6, 6.07) is 49.3. The molecule has 10 N–H and O–H groups in total. The van der Waals surface area contributed by atoms with E-state index in [9.17, 15) is 9.59 Å². The molecule has 10 aromatic rings. The Morgan fingerprint density at radius 1 is 0.613 bits per heavy atom. The van der Waals surface area contributed by atoms with Gasteiger partial charge in [-0.15, -0.1) is 0 Å². The number of ether oxygens (including phenoxy) is 2. The Hall–Kier alpha value is -8.62. The molecule has 0 aliphatic heterocycles. The molecule has 0 spiro atoms. The number of aromatic nitrogens is 5. The van der Waals surface area contributed by atoms with Gasteiger partial charge in [0.2, 0.25) is 0 Å². The number of amides is 1. The van der Waals surface area contributed by atoms with Gasteiger partial charge in [0.05, 0.1) is 64.3 Å². The third-order valence-corrected chi connectivity index (χ3v) is 13.8. The molecule has 93 heavy (non-hydrogen) atoms. The summed E-state index contributed by atoms with van der Waals surface area (Å²) in [6.07, 6.45) is 5.41. The van der Waals surface area contributed by atoms with Gasteiger partial charge in [0.15, 0.2) is 5.75 Å². The third-order valence-electron chi connectivity index (χ3n) is 12.2. The third kappa shape index (κ3) is 27.2. The van der Waals surface area contributed by atoms with Gasteiger partial charge >= 0.3 is 34.7 Å². The van der Waals surface area contributed by atoms with Gasteiger partial charge in [-0.2, -0.15) is 9.59 Å². The SMILES string of the molecule is CC(C)C(=O)Cc1ccccn1.CC(N)c1nc2cccc(Cl)c2cc1-c1ccccn1.COc1c(N)cccc1Cl.C[C@H](NC(=O)OC(C)(C)C)c1nc2cccc(Cl)c2cc1-c1ccccn1.Nc1cccc(Cl)c1.Nc1cccc(Cl)c1CO.O=C=O.[O]=[Mn]=[O]. The van der Waals surface area contributed by atoms with E-state index in [1.807, 2.05) is 158 Å². The number of nitrogen functional groups attached to an aromatic ring is 3. The van der Waals surface area contributed by atoms with E-state index in [0.29, 0.717) is 65.6 Å². The van der Waals surface area contributed by atoms with E-state index in [4.69, 9.17) is 118 Å². The first kappa shape index (κ1) is 78.6. The van der Waals surface area contributed by atoms with Gasteiger partial charge in [0.1, 0.15) is 11.4 Å². The molecule has 25 heteroatoms. The van der Waals surface area contributed by atoms with Crippen LogP contribution in [0.2, 0.25) is 25.1 Å². The summed E-state index contributed by atoms with van der Waals surface area (Å²) < 4.78 is 27.1. The fourth-order valence-electron chi connectivity index (χ4n) is 7.91. The van der Waals surface area contributed by atoms with Crippen LogP contribution in [0.5, 0.6) is 5.75 Å². The number of ketones is 1. The Bertz CT molecular complexity index is 3930. The number of carbonyl (C=O) groups excluding carboxylic acids is 4. The second-order valence-corrected chi connectivity index (χ2v) is 23.0. The predicted octanol–water partition coefficient (Wildman–Crippen LogP) is 15.8. The Labute approximate surface area is 571 Å². The fraction of sp³-hybridized carbons (Fsp3) is 0.206. The Morgan fingerprint density at radius 3 is 1.46 bits per heavy atom. The van der Waals surface area contributed by atoms with Crippen LogP contribution in [0.4, 0.5) is 21.9 Å². The number of halogens is 5. The van der Waals surface area contributed by atoms with Crippen molar-refractivity contribution in [1.82, 2.24) is 30.2 Å². The fourth-order valence-corrected chi connectivity index (χ4v) is 9.06. The van der Waals surface area contributed by atoms with Crippen molar-refractivity contribution < 1.29 is 56.2 Å². The van der Waals surface area contributed by atoms with Crippen molar-refractivity contribution in [3.63, 3.8) is 0 Å². The van der Waals surface area contributed by atoms with Gasteiger partial charge < -0.3 is 42.8 Å². The Kier molecular flexibility index (Phi) is 34.7. The number of anilines is 3. The van der Waals surface area contributed by atoms with Crippen LogP contribution < -0.4 is 33.0 Å². The second kappa shape index (κ2) is 41.1. The molecule has 0 bridgehead atoms. The van der Waals surface area contributed by atoms with E-state index in [2.05, 4.69) is 25.3 Å². The van der Waals surface area contributed by atoms with Gasteiger partial charge in [-0.3, -0.25) is 24.7 Å². The van der Waals surface area contributed by atoms with E-state index < -0.39 is 26.5 Å². The first-order valence-electron chi connectivity index (χ1n) is 28.0. The number of methoxy groups -OCH3 is 1. The summed E-state index contributed by atoms with van der Waals surface area (Å²) in [4.78, 5) is 62.1. The quantitative estimate of drug-likeness (QED) is 0.0547. The van der Waals surface area contributed by atoms with Gasteiger partial charge in [-0.1, -0.05) is 120 Å². The zero-order valence-corrected chi connectivity index (χ0v) is 57.0. The summed E-state index contributed by atoms with van der Waals surface area (Å²) in [5, 5.41) is 16.4. The summed E-state index contributed by atoms with van der Waals surface area (Å²) in [5.41, 5.74) is 31.7. The number of aliphatic hydroxyl groups excluding tert-OH is 1. The normalized spacial score (nSPS) is 10.8. The number of nitrogens with one attached hydrogen (secondary N) is 1. The zero-order chi connectivity index (χ0) is 69.2. The van der Waals surface area contributed by atoms with Gasteiger partial charge in [-0.05, 0) is 150 Å². The van der Waals surface area contributed by atoms with E-state index in [1.165, 1.54) is 7.11 Å². The summed E-state index contributed by atoms with van der Waals surface area (Å²) in [7, 11) is 1.54. The molecular formula is C68H71Cl5MnN10O9. The van der Waals surface area contributed by atoms with Crippen molar-refractivity contribution in [3.05, 3.63) is 230 Å². The van der Waals surface area contributed by atoms with E-state index in [1.54, 1.807) is 73.2 Å². The molecule has 0 saturated heterocycles. The maximum absolute atomic E-state index is 12.2. The number of fused-ring (bicyclic) bond motifs is 2. The van der Waals surface area contributed by atoms with Gasteiger partial charge in [-0.25, -0.2) is 9.78 Å². The number of nitrogens with two attached hydrogens (primary N) is 4. The molecule has 0 aliphatic rings. The van der Waals surface area contributed by atoms with Crippen LogP contribution in [-0.4, -0.2) is 60.8 Å². The van der Waals surface area contributed by atoms with Crippen LogP contribution in [0.25, 0.3) is 44.3 Å². The molecule has 1 unspecified atom stereocenters. The average molecular weight is 1400 g/mol. The van der Waals surface area contributed by atoms with Gasteiger partial charge in [0.25, 0.3) is 0 Å². The molecule has 5 aromatic carbocycles. The number of pyridine rings is 5. The molecule has 0 saturated carbocycles. The van der Waals surface area contributed by atoms with Crippen molar-refractivity contribution >= 4 is 115 Å². The molecule has 0 fully saturated rings. The van der Waals surface area contributed by atoms with Gasteiger partial charge in [0, 0.05) is 102 Å². The summed E-state index contributed by atoms with van der Waals surface area (Å²) in [6.45, 7) is 13.0.